The molecule has 126 valence electrons. The Morgan fingerprint density at radius 3 is 2.58 bits per heavy atom. The van der Waals surface area contributed by atoms with Gasteiger partial charge in [0.05, 0.1) is 11.3 Å². The Labute approximate surface area is 146 Å². The number of halogens is 1. The summed E-state index contributed by atoms with van der Waals surface area (Å²) < 4.78 is 17.6. The van der Waals surface area contributed by atoms with Crippen molar-refractivity contribution in [3.05, 3.63) is 52.5 Å². The second kappa shape index (κ2) is 9.19. The largest absolute Gasteiger partial charge is 0.456 e. The van der Waals surface area contributed by atoms with E-state index in [1.807, 2.05) is 0 Å². The maximum atomic E-state index is 12.7. The minimum Gasteiger partial charge on any atom is -0.456 e. The summed E-state index contributed by atoms with van der Waals surface area (Å²) in [6.45, 7) is -0.503. The van der Waals surface area contributed by atoms with Crippen LogP contribution >= 0.6 is 23.1 Å². The minimum atomic E-state index is -0.673. The third kappa shape index (κ3) is 6.13. The van der Waals surface area contributed by atoms with E-state index in [9.17, 15) is 18.8 Å². The zero-order valence-electron chi connectivity index (χ0n) is 12.5. The number of carbonyl (C=O) groups is 3. The standard InChI is InChI=1S/C16H14FNO4S2/c17-11-3-5-12(6-4-11)23-9-7-15(20)22-10-14(19)18-16(21)13-2-1-8-24-13/h1-6,8H,7,9-10H2,(H,18,19,21). The molecule has 0 saturated carbocycles. The van der Waals surface area contributed by atoms with Crippen molar-refractivity contribution in [3.63, 3.8) is 0 Å². The maximum absolute atomic E-state index is 12.7. The van der Waals surface area contributed by atoms with Gasteiger partial charge in [0.1, 0.15) is 5.82 Å². The monoisotopic (exact) mass is 367 g/mol. The summed E-state index contributed by atoms with van der Waals surface area (Å²) in [6.07, 6.45) is 0.105. The van der Waals surface area contributed by atoms with Gasteiger partial charge in [-0.15, -0.1) is 23.1 Å². The number of nitrogens with one attached hydrogen (secondary N) is 1. The number of hydrogen-bond acceptors (Lipinski definition) is 6. The molecule has 1 N–H and O–H groups in total. The van der Waals surface area contributed by atoms with Gasteiger partial charge in [-0.1, -0.05) is 6.07 Å². The van der Waals surface area contributed by atoms with E-state index in [0.717, 1.165) is 4.90 Å². The first-order chi connectivity index (χ1) is 11.5. The van der Waals surface area contributed by atoms with Crippen LogP contribution in [-0.4, -0.2) is 30.1 Å². The molecule has 1 heterocycles. The van der Waals surface area contributed by atoms with E-state index in [1.165, 1.54) is 35.2 Å². The maximum Gasteiger partial charge on any atom is 0.307 e. The van der Waals surface area contributed by atoms with Crippen molar-refractivity contribution >= 4 is 40.9 Å². The molecule has 2 rings (SSSR count). The molecule has 0 fully saturated rings. The van der Waals surface area contributed by atoms with E-state index in [0.29, 0.717) is 10.6 Å². The van der Waals surface area contributed by atoms with E-state index in [2.05, 4.69) is 5.32 Å². The predicted octanol–water partition coefficient (Wildman–Crippen LogP) is 2.87. The van der Waals surface area contributed by atoms with E-state index >= 15 is 0 Å². The van der Waals surface area contributed by atoms with Crippen molar-refractivity contribution in [2.75, 3.05) is 12.4 Å². The fourth-order valence-corrected chi connectivity index (χ4v) is 3.09. The summed E-state index contributed by atoms with van der Waals surface area (Å²) in [6, 6.07) is 9.21. The van der Waals surface area contributed by atoms with Crippen molar-refractivity contribution < 1.29 is 23.5 Å². The highest BCUT2D eigenvalue weighted by molar-refractivity contribution is 7.99. The summed E-state index contributed by atoms with van der Waals surface area (Å²) in [5, 5.41) is 3.86. The number of hydrogen-bond donors (Lipinski definition) is 1. The van der Waals surface area contributed by atoms with E-state index in [1.54, 1.807) is 29.6 Å². The van der Waals surface area contributed by atoms with Crippen LogP contribution in [0.3, 0.4) is 0 Å². The number of rotatable bonds is 7. The van der Waals surface area contributed by atoms with Gasteiger partial charge in [0, 0.05) is 10.6 Å². The molecule has 2 amide bonds. The van der Waals surface area contributed by atoms with Crippen LogP contribution in [-0.2, 0) is 14.3 Å². The normalized spacial score (nSPS) is 10.2. The fraction of sp³-hybridized carbons (Fsp3) is 0.188. The van der Waals surface area contributed by atoms with Crippen LogP contribution in [0, 0.1) is 5.82 Å². The number of ether oxygens (including phenoxy) is 1. The minimum absolute atomic E-state index is 0.105. The van der Waals surface area contributed by atoms with Crippen molar-refractivity contribution in [1.29, 1.82) is 0 Å². The molecule has 24 heavy (non-hydrogen) atoms. The molecule has 0 aliphatic rings. The van der Waals surface area contributed by atoms with Crippen molar-refractivity contribution in [2.24, 2.45) is 0 Å². The lowest BCUT2D eigenvalue weighted by Gasteiger charge is -2.05. The number of benzene rings is 1. The van der Waals surface area contributed by atoms with Gasteiger partial charge in [0.25, 0.3) is 11.8 Å². The molecule has 0 spiro atoms. The Kier molecular flexibility index (Phi) is 6.95. The molecular weight excluding hydrogens is 353 g/mol. The lowest BCUT2D eigenvalue weighted by molar-refractivity contribution is -0.147. The molecule has 5 nitrogen and oxygen atoms in total. The van der Waals surface area contributed by atoms with Gasteiger partial charge in [-0.05, 0) is 35.7 Å². The first-order valence-corrected chi connectivity index (χ1v) is 8.83. The van der Waals surface area contributed by atoms with Crippen LogP contribution in [0.4, 0.5) is 4.39 Å². The zero-order valence-corrected chi connectivity index (χ0v) is 14.1. The average Bonchev–Trinajstić information content (AvgIpc) is 3.09. The van der Waals surface area contributed by atoms with E-state index < -0.39 is 24.4 Å². The number of amides is 2. The van der Waals surface area contributed by atoms with Crippen LogP contribution < -0.4 is 5.32 Å². The van der Waals surface area contributed by atoms with Gasteiger partial charge in [-0.25, -0.2) is 4.39 Å². The van der Waals surface area contributed by atoms with Crippen molar-refractivity contribution in [3.8, 4) is 0 Å². The van der Waals surface area contributed by atoms with Crippen LogP contribution in [0.25, 0.3) is 0 Å². The molecule has 0 aliphatic carbocycles. The summed E-state index contributed by atoms with van der Waals surface area (Å²) in [5.41, 5.74) is 0. The topological polar surface area (TPSA) is 72.5 Å². The SMILES string of the molecule is O=C(COC(=O)CCSc1ccc(F)cc1)NC(=O)c1cccs1. The van der Waals surface area contributed by atoms with Gasteiger partial charge in [0.2, 0.25) is 0 Å². The number of thioether (sulfide) groups is 1. The summed E-state index contributed by atoms with van der Waals surface area (Å²) in [7, 11) is 0. The first-order valence-electron chi connectivity index (χ1n) is 6.96. The van der Waals surface area contributed by atoms with E-state index in [4.69, 9.17) is 4.74 Å². The Morgan fingerprint density at radius 1 is 1.17 bits per heavy atom. The van der Waals surface area contributed by atoms with Crippen LogP contribution in [0.5, 0.6) is 0 Å². The molecule has 1 aromatic carbocycles. The van der Waals surface area contributed by atoms with Gasteiger partial charge < -0.3 is 4.74 Å². The molecule has 1 aromatic heterocycles. The Hall–Kier alpha value is -2.19. The van der Waals surface area contributed by atoms with Gasteiger partial charge >= 0.3 is 5.97 Å². The third-order valence-electron chi connectivity index (χ3n) is 2.75. The lowest BCUT2D eigenvalue weighted by Crippen LogP contribution is -2.33. The smallest absolute Gasteiger partial charge is 0.307 e. The van der Waals surface area contributed by atoms with Crippen LogP contribution in [0.15, 0.2) is 46.7 Å². The summed E-state index contributed by atoms with van der Waals surface area (Å²) in [4.78, 5) is 35.9. The quantitative estimate of drug-likeness (QED) is 0.602. The zero-order chi connectivity index (χ0) is 17.4. The van der Waals surface area contributed by atoms with Gasteiger partial charge in [-0.3, -0.25) is 19.7 Å². The average molecular weight is 367 g/mol. The molecule has 0 aliphatic heterocycles. The number of esters is 1. The Balaban J connectivity index is 1.63. The summed E-state index contributed by atoms with van der Waals surface area (Å²) >= 11 is 2.59. The second-order valence-electron chi connectivity index (χ2n) is 4.57. The van der Waals surface area contributed by atoms with Crippen LogP contribution in [0.2, 0.25) is 0 Å². The number of imide groups is 1. The molecule has 2 aromatic rings. The van der Waals surface area contributed by atoms with Gasteiger partial charge in [-0.2, -0.15) is 0 Å². The molecule has 0 unspecified atom stereocenters. The molecule has 0 atom stereocenters. The van der Waals surface area contributed by atoms with E-state index in [-0.39, 0.29) is 12.2 Å². The Bertz CT molecular complexity index is 701. The third-order valence-corrected chi connectivity index (χ3v) is 4.63. The summed E-state index contributed by atoms with van der Waals surface area (Å²) in [5.74, 6) is -1.60. The number of thiophene rings is 1. The Morgan fingerprint density at radius 2 is 1.92 bits per heavy atom. The van der Waals surface area contributed by atoms with Crippen molar-refractivity contribution in [2.45, 2.75) is 11.3 Å². The highest BCUT2D eigenvalue weighted by Crippen LogP contribution is 2.18. The van der Waals surface area contributed by atoms with Gasteiger partial charge in [0.15, 0.2) is 6.61 Å². The molecular formula is C16H14FNO4S2. The first kappa shape index (κ1) is 18.2. The highest BCUT2D eigenvalue weighted by atomic mass is 32.2. The molecule has 0 saturated heterocycles. The second-order valence-corrected chi connectivity index (χ2v) is 6.68. The molecule has 8 heteroatoms. The highest BCUT2D eigenvalue weighted by Gasteiger charge is 2.13. The van der Waals surface area contributed by atoms with Crippen LogP contribution in [0.1, 0.15) is 16.1 Å². The predicted molar refractivity (Wildman–Crippen MR) is 89.5 cm³/mol. The number of carbonyl (C=O) groups excluding carboxylic acids is 3. The fourth-order valence-electron chi connectivity index (χ4n) is 1.63. The lowest BCUT2D eigenvalue weighted by atomic mass is 10.4. The molecule has 0 bridgehead atoms. The van der Waals surface area contributed by atoms with Crippen molar-refractivity contribution in [1.82, 2.24) is 5.32 Å². The molecule has 0 radical (unpaired) electrons.